The molecular formula is C18H29NO. The third kappa shape index (κ3) is 6.74. The topological polar surface area (TPSA) is 29.1 Å². The Labute approximate surface area is 124 Å². The summed E-state index contributed by atoms with van der Waals surface area (Å²) in [5, 5.41) is 3.09. The summed E-state index contributed by atoms with van der Waals surface area (Å²) in [5.41, 5.74) is 2.51. The Morgan fingerprint density at radius 2 is 2.10 bits per heavy atom. The third-order valence-corrected chi connectivity index (χ3v) is 3.85. The molecule has 0 aliphatic carbocycles. The summed E-state index contributed by atoms with van der Waals surface area (Å²) in [5.74, 6) is 0.819. The molecule has 20 heavy (non-hydrogen) atoms. The molecule has 1 unspecified atom stereocenters. The molecule has 1 rings (SSSR count). The largest absolute Gasteiger partial charge is 0.356 e. The summed E-state index contributed by atoms with van der Waals surface area (Å²) in [6.07, 6.45) is 6.30. The molecule has 0 aromatic heterocycles. The van der Waals surface area contributed by atoms with Crippen LogP contribution in [0.2, 0.25) is 0 Å². The molecule has 0 aliphatic heterocycles. The van der Waals surface area contributed by atoms with Crippen LogP contribution in [0.15, 0.2) is 24.3 Å². The fraction of sp³-hybridized carbons (Fsp3) is 0.611. The molecular weight excluding hydrogens is 246 g/mol. The van der Waals surface area contributed by atoms with Gasteiger partial charge in [0.1, 0.15) is 0 Å². The van der Waals surface area contributed by atoms with Crippen LogP contribution >= 0.6 is 0 Å². The van der Waals surface area contributed by atoms with Crippen molar-refractivity contribution in [3.05, 3.63) is 35.4 Å². The van der Waals surface area contributed by atoms with E-state index in [-0.39, 0.29) is 5.91 Å². The number of rotatable bonds is 9. The molecule has 0 saturated carbocycles. The first-order valence-corrected chi connectivity index (χ1v) is 7.98. The molecule has 112 valence electrons. The van der Waals surface area contributed by atoms with Gasteiger partial charge in [0.15, 0.2) is 0 Å². The van der Waals surface area contributed by atoms with Gasteiger partial charge < -0.3 is 5.32 Å². The maximum Gasteiger partial charge on any atom is 0.220 e. The second kappa shape index (κ2) is 9.57. The monoisotopic (exact) mass is 275 g/mol. The number of hydrogen-bond acceptors (Lipinski definition) is 1. The fourth-order valence-electron chi connectivity index (χ4n) is 2.42. The number of amides is 1. The Morgan fingerprint density at radius 3 is 2.75 bits per heavy atom. The number of carbonyl (C=O) groups excluding carboxylic acids is 1. The van der Waals surface area contributed by atoms with Crippen LogP contribution in [0.3, 0.4) is 0 Å². The highest BCUT2D eigenvalue weighted by Gasteiger charge is 2.08. The van der Waals surface area contributed by atoms with Crippen LogP contribution in [0.25, 0.3) is 0 Å². The molecule has 1 atom stereocenters. The third-order valence-electron chi connectivity index (χ3n) is 3.85. The first kappa shape index (κ1) is 16.7. The van der Waals surface area contributed by atoms with Gasteiger partial charge in [-0.1, -0.05) is 62.9 Å². The molecule has 0 saturated heterocycles. The maximum atomic E-state index is 11.9. The molecule has 0 spiro atoms. The van der Waals surface area contributed by atoms with Crippen LogP contribution < -0.4 is 5.32 Å². The van der Waals surface area contributed by atoms with E-state index in [2.05, 4.69) is 50.4 Å². The Bertz CT molecular complexity index is 400. The van der Waals surface area contributed by atoms with Gasteiger partial charge >= 0.3 is 0 Å². The summed E-state index contributed by atoms with van der Waals surface area (Å²) in [6.45, 7) is 7.35. The van der Waals surface area contributed by atoms with E-state index in [1.165, 1.54) is 30.4 Å². The molecule has 0 heterocycles. The van der Waals surface area contributed by atoms with E-state index in [4.69, 9.17) is 0 Å². The minimum Gasteiger partial charge on any atom is -0.356 e. The van der Waals surface area contributed by atoms with E-state index >= 15 is 0 Å². The van der Waals surface area contributed by atoms with Crippen molar-refractivity contribution in [1.82, 2.24) is 5.32 Å². The van der Waals surface area contributed by atoms with Crippen molar-refractivity contribution >= 4 is 5.91 Å². The van der Waals surface area contributed by atoms with E-state index in [9.17, 15) is 4.79 Å². The summed E-state index contributed by atoms with van der Waals surface area (Å²) in [4.78, 5) is 11.9. The molecule has 2 heteroatoms. The molecule has 1 aromatic carbocycles. The van der Waals surface area contributed by atoms with E-state index < -0.39 is 0 Å². The Hall–Kier alpha value is -1.31. The average molecular weight is 275 g/mol. The lowest BCUT2D eigenvalue weighted by molar-refractivity contribution is -0.121. The standard InChI is InChI=1S/C18H29NO/c1-4-6-9-16(5-2)14-19-18(20)12-11-17-10-7-8-15(3)13-17/h7-8,10,13,16H,4-6,9,11-12,14H2,1-3H3,(H,19,20). The fourth-order valence-corrected chi connectivity index (χ4v) is 2.42. The van der Waals surface area contributed by atoms with Crippen molar-refractivity contribution in [2.75, 3.05) is 6.54 Å². The van der Waals surface area contributed by atoms with E-state index in [0.717, 1.165) is 19.4 Å². The zero-order valence-electron chi connectivity index (χ0n) is 13.2. The van der Waals surface area contributed by atoms with Gasteiger partial charge in [-0.25, -0.2) is 0 Å². The normalized spacial score (nSPS) is 12.2. The van der Waals surface area contributed by atoms with Crippen molar-refractivity contribution in [2.24, 2.45) is 5.92 Å². The quantitative estimate of drug-likeness (QED) is 0.717. The zero-order valence-corrected chi connectivity index (χ0v) is 13.2. The lowest BCUT2D eigenvalue weighted by Crippen LogP contribution is -2.29. The number of benzene rings is 1. The SMILES string of the molecule is CCCCC(CC)CNC(=O)CCc1cccc(C)c1. The van der Waals surface area contributed by atoms with Crippen LogP contribution in [0.1, 0.15) is 57.1 Å². The van der Waals surface area contributed by atoms with E-state index in [1.54, 1.807) is 0 Å². The Kier molecular flexibility index (Phi) is 8.01. The van der Waals surface area contributed by atoms with E-state index in [0.29, 0.717) is 12.3 Å². The van der Waals surface area contributed by atoms with Crippen molar-refractivity contribution in [2.45, 2.75) is 59.3 Å². The van der Waals surface area contributed by atoms with Crippen LogP contribution in [-0.4, -0.2) is 12.5 Å². The van der Waals surface area contributed by atoms with E-state index in [1.807, 2.05) is 0 Å². The lowest BCUT2D eigenvalue weighted by atomic mass is 9.99. The van der Waals surface area contributed by atoms with Gasteiger partial charge in [-0.15, -0.1) is 0 Å². The lowest BCUT2D eigenvalue weighted by Gasteiger charge is -2.15. The zero-order chi connectivity index (χ0) is 14.8. The molecule has 1 amide bonds. The van der Waals surface area contributed by atoms with Crippen LogP contribution in [0.4, 0.5) is 0 Å². The smallest absolute Gasteiger partial charge is 0.220 e. The number of nitrogens with one attached hydrogen (secondary N) is 1. The van der Waals surface area contributed by atoms with Gasteiger partial charge in [0.2, 0.25) is 5.91 Å². The summed E-state index contributed by atoms with van der Waals surface area (Å²) >= 11 is 0. The van der Waals surface area contributed by atoms with Gasteiger partial charge in [0.05, 0.1) is 0 Å². The maximum absolute atomic E-state index is 11.9. The summed E-state index contributed by atoms with van der Waals surface area (Å²) < 4.78 is 0. The molecule has 2 nitrogen and oxygen atoms in total. The number of aryl methyl sites for hydroxylation is 2. The summed E-state index contributed by atoms with van der Waals surface area (Å²) in [7, 11) is 0. The second-order valence-corrected chi connectivity index (χ2v) is 5.71. The average Bonchev–Trinajstić information content (AvgIpc) is 2.45. The predicted molar refractivity (Wildman–Crippen MR) is 85.8 cm³/mol. The van der Waals surface area contributed by atoms with Gasteiger partial charge in [-0.2, -0.15) is 0 Å². The minimum absolute atomic E-state index is 0.182. The second-order valence-electron chi connectivity index (χ2n) is 5.71. The van der Waals surface area contributed by atoms with Crippen molar-refractivity contribution in [3.63, 3.8) is 0 Å². The number of unbranched alkanes of at least 4 members (excludes halogenated alkanes) is 1. The minimum atomic E-state index is 0.182. The van der Waals surface area contributed by atoms with Gasteiger partial charge in [0.25, 0.3) is 0 Å². The number of carbonyl (C=O) groups is 1. The van der Waals surface area contributed by atoms with Crippen LogP contribution in [0.5, 0.6) is 0 Å². The van der Waals surface area contributed by atoms with Crippen molar-refractivity contribution in [3.8, 4) is 0 Å². The summed E-state index contributed by atoms with van der Waals surface area (Å²) in [6, 6.07) is 8.39. The molecule has 1 N–H and O–H groups in total. The van der Waals surface area contributed by atoms with Crippen LogP contribution in [0, 0.1) is 12.8 Å². The van der Waals surface area contributed by atoms with Gasteiger partial charge in [0, 0.05) is 13.0 Å². The van der Waals surface area contributed by atoms with Gasteiger partial charge in [-0.05, 0) is 31.2 Å². The van der Waals surface area contributed by atoms with Crippen molar-refractivity contribution < 1.29 is 4.79 Å². The molecule has 0 aliphatic rings. The predicted octanol–water partition coefficient (Wildman–Crippen LogP) is 4.26. The first-order valence-electron chi connectivity index (χ1n) is 7.98. The molecule has 0 fully saturated rings. The highest BCUT2D eigenvalue weighted by Crippen LogP contribution is 2.11. The molecule has 0 radical (unpaired) electrons. The molecule has 0 bridgehead atoms. The Morgan fingerprint density at radius 1 is 1.30 bits per heavy atom. The highest BCUT2D eigenvalue weighted by atomic mass is 16.1. The van der Waals surface area contributed by atoms with Gasteiger partial charge in [-0.3, -0.25) is 4.79 Å². The van der Waals surface area contributed by atoms with Crippen LogP contribution in [-0.2, 0) is 11.2 Å². The first-order chi connectivity index (χ1) is 9.65. The highest BCUT2D eigenvalue weighted by molar-refractivity contribution is 5.76. The Balaban J connectivity index is 2.26. The van der Waals surface area contributed by atoms with Crippen molar-refractivity contribution in [1.29, 1.82) is 0 Å². The number of hydrogen-bond donors (Lipinski definition) is 1. The molecule has 1 aromatic rings.